The molecule has 2 N–H and O–H groups in total. The van der Waals surface area contributed by atoms with Crippen LogP contribution in [-0.4, -0.2) is 31.3 Å². The summed E-state index contributed by atoms with van der Waals surface area (Å²) in [6, 6.07) is 20.2. The maximum atomic E-state index is 5.34. The summed E-state index contributed by atoms with van der Waals surface area (Å²) in [5, 5.41) is 19.0. The number of hydrogen-bond acceptors (Lipinski definition) is 4. The first-order valence-electron chi connectivity index (χ1n) is 9.05. The zero-order valence-corrected chi connectivity index (χ0v) is 16.4. The maximum Gasteiger partial charge on any atom is 0.216 e. The molecular formula is C21H20N6S. The van der Waals surface area contributed by atoms with Crippen LogP contribution < -0.4 is 0 Å². The van der Waals surface area contributed by atoms with E-state index in [1.165, 1.54) is 5.56 Å². The Kier molecular flexibility index (Phi) is 4.99. The molecule has 0 unspecified atom stereocenters. The van der Waals surface area contributed by atoms with Crippen molar-refractivity contribution >= 4 is 18.4 Å². The van der Waals surface area contributed by atoms with Crippen molar-refractivity contribution in [3.8, 4) is 22.8 Å². The number of H-pyrrole nitrogens is 2. The van der Waals surface area contributed by atoms with Crippen molar-refractivity contribution in [3.63, 3.8) is 0 Å². The molecule has 140 valence electrons. The molecule has 0 radical (unpaired) electrons. The lowest BCUT2D eigenvalue weighted by molar-refractivity contribution is 0.863. The fourth-order valence-electron chi connectivity index (χ4n) is 2.86. The average molecular weight is 388 g/mol. The quantitative estimate of drug-likeness (QED) is 0.373. The molecule has 0 spiro atoms. The van der Waals surface area contributed by atoms with Gasteiger partial charge in [0.2, 0.25) is 10.6 Å². The lowest BCUT2D eigenvalue weighted by atomic mass is 10.0. The lowest BCUT2D eigenvalue weighted by Crippen LogP contribution is -1.95. The first-order valence-corrected chi connectivity index (χ1v) is 9.45. The highest BCUT2D eigenvalue weighted by Crippen LogP contribution is 2.22. The van der Waals surface area contributed by atoms with Gasteiger partial charge in [-0.2, -0.15) is 20.0 Å². The number of aromatic nitrogens is 5. The van der Waals surface area contributed by atoms with Crippen molar-refractivity contribution in [2.75, 3.05) is 0 Å². The van der Waals surface area contributed by atoms with Crippen molar-refractivity contribution in [1.29, 1.82) is 0 Å². The summed E-state index contributed by atoms with van der Waals surface area (Å²) in [5.41, 5.74) is 4.89. The Morgan fingerprint density at radius 1 is 1.00 bits per heavy atom. The minimum absolute atomic E-state index is 0.418. The second kappa shape index (κ2) is 7.74. The molecule has 2 aromatic heterocycles. The van der Waals surface area contributed by atoms with E-state index in [9.17, 15) is 0 Å². The molecule has 2 aromatic carbocycles. The van der Waals surface area contributed by atoms with Gasteiger partial charge in [0.1, 0.15) is 5.69 Å². The zero-order chi connectivity index (χ0) is 19.5. The Hall–Kier alpha value is -3.32. The van der Waals surface area contributed by atoms with Gasteiger partial charge in [-0.15, -0.1) is 0 Å². The van der Waals surface area contributed by atoms with Crippen molar-refractivity contribution < 1.29 is 0 Å². The topological polar surface area (TPSA) is 74.7 Å². The van der Waals surface area contributed by atoms with Crippen LogP contribution in [0.25, 0.3) is 22.8 Å². The Bertz CT molecular complexity index is 1150. The van der Waals surface area contributed by atoms with Crippen molar-refractivity contribution in [2.24, 2.45) is 5.10 Å². The maximum absolute atomic E-state index is 5.34. The van der Waals surface area contributed by atoms with Gasteiger partial charge < -0.3 is 0 Å². The predicted molar refractivity (Wildman–Crippen MR) is 114 cm³/mol. The van der Waals surface area contributed by atoms with Gasteiger partial charge in [0, 0.05) is 5.56 Å². The highest BCUT2D eigenvalue weighted by Gasteiger charge is 2.12. The molecule has 0 saturated heterocycles. The van der Waals surface area contributed by atoms with Crippen LogP contribution in [0.5, 0.6) is 0 Å². The van der Waals surface area contributed by atoms with Gasteiger partial charge in [-0.3, -0.25) is 5.10 Å². The Morgan fingerprint density at radius 3 is 2.46 bits per heavy atom. The molecule has 6 nitrogen and oxygen atoms in total. The van der Waals surface area contributed by atoms with Crippen molar-refractivity contribution in [3.05, 3.63) is 76.6 Å². The fourth-order valence-corrected chi connectivity index (χ4v) is 3.04. The van der Waals surface area contributed by atoms with E-state index >= 15 is 0 Å². The van der Waals surface area contributed by atoms with Crippen LogP contribution in [0, 0.1) is 4.77 Å². The normalized spacial score (nSPS) is 11.5. The monoisotopic (exact) mass is 388 g/mol. The van der Waals surface area contributed by atoms with E-state index in [-0.39, 0.29) is 0 Å². The molecule has 0 atom stereocenters. The number of nitrogens with zero attached hydrogens (tertiary/aromatic N) is 4. The average Bonchev–Trinajstić information content (AvgIpc) is 3.34. The molecule has 0 amide bonds. The smallest absolute Gasteiger partial charge is 0.216 e. The molecular weight excluding hydrogens is 368 g/mol. The number of benzene rings is 2. The molecule has 0 aliphatic heterocycles. The fraction of sp³-hybridized carbons (Fsp3) is 0.143. The molecule has 4 rings (SSSR count). The molecule has 0 bridgehead atoms. The van der Waals surface area contributed by atoms with E-state index in [4.69, 9.17) is 12.2 Å². The molecule has 0 aliphatic carbocycles. The summed E-state index contributed by atoms with van der Waals surface area (Å²) in [4.78, 5) is 0. The van der Waals surface area contributed by atoms with Gasteiger partial charge in [-0.1, -0.05) is 68.4 Å². The molecule has 0 aliphatic rings. The van der Waals surface area contributed by atoms with Crippen molar-refractivity contribution in [2.45, 2.75) is 19.8 Å². The third kappa shape index (κ3) is 3.70. The Morgan fingerprint density at radius 2 is 1.75 bits per heavy atom. The van der Waals surface area contributed by atoms with Gasteiger partial charge in [0.15, 0.2) is 0 Å². The minimum Gasteiger partial charge on any atom is -0.274 e. The van der Waals surface area contributed by atoms with E-state index in [0.717, 1.165) is 22.5 Å². The predicted octanol–water partition coefficient (Wildman–Crippen LogP) is 5.00. The second-order valence-corrected chi connectivity index (χ2v) is 7.15. The highest BCUT2D eigenvalue weighted by atomic mass is 32.1. The molecule has 0 fully saturated rings. The lowest BCUT2D eigenvalue weighted by Gasteiger charge is -2.04. The number of aromatic amines is 2. The summed E-state index contributed by atoms with van der Waals surface area (Å²) in [6.07, 6.45) is 1.77. The van der Waals surface area contributed by atoms with Crippen LogP contribution in [0.1, 0.15) is 30.9 Å². The summed E-state index contributed by atoms with van der Waals surface area (Å²) in [6.45, 7) is 4.35. The molecule has 0 saturated carbocycles. The summed E-state index contributed by atoms with van der Waals surface area (Å²) in [5.74, 6) is 1.08. The van der Waals surface area contributed by atoms with E-state index < -0.39 is 0 Å². The van der Waals surface area contributed by atoms with E-state index in [1.54, 1.807) is 10.9 Å². The summed E-state index contributed by atoms with van der Waals surface area (Å²) in [7, 11) is 0. The largest absolute Gasteiger partial charge is 0.274 e. The number of nitrogens with one attached hydrogen (secondary N) is 2. The Labute approximate surface area is 168 Å². The first-order chi connectivity index (χ1) is 13.6. The SMILES string of the molecule is CC(C)c1ccc(/C=N/n2c(-c3cc(-c4ccccc4)n[nH]3)n[nH]c2=S)cc1. The molecule has 28 heavy (non-hydrogen) atoms. The van der Waals surface area contributed by atoms with Crippen LogP contribution in [-0.2, 0) is 0 Å². The molecule has 7 heteroatoms. The highest BCUT2D eigenvalue weighted by molar-refractivity contribution is 7.71. The number of rotatable bonds is 5. The van der Waals surface area contributed by atoms with E-state index in [1.807, 2.05) is 48.5 Å². The third-order valence-corrected chi connectivity index (χ3v) is 4.73. The second-order valence-electron chi connectivity index (χ2n) is 6.76. The van der Waals surface area contributed by atoms with Gasteiger partial charge in [-0.05, 0) is 35.3 Å². The van der Waals surface area contributed by atoms with Crippen molar-refractivity contribution in [1.82, 2.24) is 25.1 Å². The Balaban J connectivity index is 1.63. The van der Waals surface area contributed by atoms with Crippen LogP contribution in [0.3, 0.4) is 0 Å². The molecule has 4 aromatic rings. The zero-order valence-electron chi connectivity index (χ0n) is 15.6. The van der Waals surface area contributed by atoms with Crippen LogP contribution in [0.2, 0.25) is 0 Å². The van der Waals surface area contributed by atoms with Crippen LogP contribution in [0.15, 0.2) is 65.8 Å². The first kappa shape index (κ1) is 18.1. The third-order valence-electron chi connectivity index (χ3n) is 4.46. The molecule has 2 heterocycles. The van der Waals surface area contributed by atoms with Crippen LogP contribution in [0.4, 0.5) is 0 Å². The summed E-state index contributed by atoms with van der Waals surface area (Å²) < 4.78 is 2.01. The van der Waals surface area contributed by atoms with E-state index in [0.29, 0.717) is 16.5 Å². The minimum atomic E-state index is 0.418. The van der Waals surface area contributed by atoms with Gasteiger partial charge >= 0.3 is 0 Å². The van der Waals surface area contributed by atoms with E-state index in [2.05, 4.69) is 51.5 Å². The van der Waals surface area contributed by atoms with Gasteiger partial charge in [0.25, 0.3) is 0 Å². The van der Waals surface area contributed by atoms with Gasteiger partial charge in [0.05, 0.1) is 11.9 Å². The number of hydrogen-bond donors (Lipinski definition) is 2. The summed E-state index contributed by atoms with van der Waals surface area (Å²) >= 11 is 5.34. The van der Waals surface area contributed by atoms with Gasteiger partial charge in [-0.25, -0.2) is 5.10 Å². The van der Waals surface area contributed by atoms with Crippen LogP contribution >= 0.6 is 12.2 Å². The standard InChI is InChI=1S/C21H20N6S/c1-14(2)16-10-8-15(9-11-16)13-22-27-20(25-26-21(27)28)19-12-18(23-24-19)17-6-4-3-5-7-17/h3-14H,1-2H3,(H,23,24)(H,26,28)/b22-13+.